The minimum absolute atomic E-state index is 0.0274. The first kappa shape index (κ1) is 12.1. The number of amides is 1. The fourth-order valence-electron chi connectivity index (χ4n) is 2.25. The number of nitrogens with one attached hydrogen (secondary N) is 2. The Balaban J connectivity index is 1.99. The first-order valence-corrected chi connectivity index (χ1v) is 5.96. The van der Waals surface area contributed by atoms with Crippen molar-refractivity contribution < 1.29 is 14.7 Å². The Labute approximate surface area is 100 Å². The van der Waals surface area contributed by atoms with Gasteiger partial charge in [-0.1, -0.05) is 0 Å². The van der Waals surface area contributed by atoms with Gasteiger partial charge >= 0.3 is 5.97 Å². The lowest BCUT2D eigenvalue weighted by Crippen LogP contribution is -2.55. The van der Waals surface area contributed by atoms with Gasteiger partial charge in [0.05, 0.1) is 12.0 Å². The molecule has 2 fully saturated rings. The normalized spacial score (nSPS) is 21.1. The van der Waals surface area contributed by atoms with Crippen LogP contribution in [0, 0.1) is 0 Å². The van der Waals surface area contributed by atoms with Gasteiger partial charge in [-0.2, -0.15) is 0 Å². The van der Waals surface area contributed by atoms with Gasteiger partial charge in [0, 0.05) is 18.7 Å². The van der Waals surface area contributed by atoms with Crippen LogP contribution in [0.4, 0.5) is 0 Å². The highest BCUT2D eigenvalue weighted by molar-refractivity contribution is 5.94. The SMILES string of the molecule is CC(C(=O)NC1(CC(=O)O)CCC1)=C1CNC1. The molecule has 0 spiro atoms. The number of hydrogen-bond donors (Lipinski definition) is 3. The Morgan fingerprint density at radius 1 is 1.41 bits per heavy atom. The molecule has 2 aliphatic rings. The first-order chi connectivity index (χ1) is 8.02. The number of carboxylic acid groups (broad SMARTS) is 1. The zero-order valence-corrected chi connectivity index (χ0v) is 10.0. The van der Waals surface area contributed by atoms with Gasteiger partial charge < -0.3 is 15.7 Å². The Morgan fingerprint density at radius 2 is 2.06 bits per heavy atom. The minimum Gasteiger partial charge on any atom is -0.481 e. The predicted octanol–water partition coefficient (Wildman–Crippen LogP) is 0.420. The fraction of sp³-hybridized carbons (Fsp3) is 0.667. The number of carboxylic acids is 1. The van der Waals surface area contributed by atoms with Gasteiger partial charge in [-0.3, -0.25) is 9.59 Å². The highest BCUT2D eigenvalue weighted by atomic mass is 16.4. The second kappa shape index (κ2) is 4.49. The molecule has 1 aliphatic heterocycles. The summed E-state index contributed by atoms with van der Waals surface area (Å²) in [5, 5.41) is 14.9. The Hall–Kier alpha value is -1.36. The summed E-state index contributed by atoms with van der Waals surface area (Å²) in [6, 6.07) is 0. The molecule has 17 heavy (non-hydrogen) atoms. The summed E-state index contributed by atoms with van der Waals surface area (Å²) in [7, 11) is 0. The molecule has 1 amide bonds. The van der Waals surface area contributed by atoms with Gasteiger partial charge in [-0.15, -0.1) is 0 Å². The van der Waals surface area contributed by atoms with Crippen molar-refractivity contribution >= 4 is 11.9 Å². The third-order valence-corrected chi connectivity index (χ3v) is 3.73. The molecule has 5 nitrogen and oxygen atoms in total. The van der Waals surface area contributed by atoms with E-state index in [1.807, 2.05) is 0 Å². The monoisotopic (exact) mass is 238 g/mol. The molecule has 0 aromatic heterocycles. The summed E-state index contributed by atoms with van der Waals surface area (Å²) < 4.78 is 0. The maximum absolute atomic E-state index is 12.0. The largest absolute Gasteiger partial charge is 0.481 e. The van der Waals surface area contributed by atoms with Crippen LogP contribution in [0.1, 0.15) is 32.6 Å². The highest BCUT2D eigenvalue weighted by Gasteiger charge is 2.40. The van der Waals surface area contributed by atoms with E-state index in [-0.39, 0.29) is 12.3 Å². The van der Waals surface area contributed by atoms with Gasteiger partial charge in [0.25, 0.3) is 0 Å². The average Bonchev–Trinajstić information content (AvgIpc) is 2.10. The second-order valence-electron chi connectivity index (χ2n) is 4.99. The summed E-state index contributed by atoms with van der Waals surface area (Å²) >= 11 is 0. The quantitative estimate of drug-likeness (QED) is 0.620. The number of hydrogen-bond acceptors (Lipinski definition) is 3. The third kappa shape index (κ3) is 2.49. The second-order valence-corrected chi connectivity index (χ2v) is 4.99. The van der Waals surface area contributed by atoms with E-state index in [9.17, 15) is 9.59 Å². The van der Waals surface area contributed by atoms with Gasteiger partial charge in [0.1, 0.15) is 0 Å². The topological polar surface area (TPSA) is 78.4 Å². The predicted molar refractivity (Wildman–Crippen MR) is 62.5 cm³/mol. The average molecular weight is 238 g/mol. The summed E-state index contributed by atoms with van der Waals surface area (Å²) in [6.45, 7) is 3.34. The smallest absolute Gasteiger partial charge is 0.305 e. The molecule has 0 radical (unpaired) electrons. The lowest BCUT2D eigenvalue weighted by molar-refractivity contribution is -0.140. The summed E-state index contributed by atoms with van der Waals surface area (Å²) in [5.41, 5.74) is 1.36. The van der Waals surface area contributed by atoms with Crippen LogP contribution in [0.5, 0.6) is 0 Å². The van der Waals surface area contributed by atoms with Gasteiger partial charge in [0.15, 0.2) is 0 Å². The number of carbonyl (C=O) groups excluding carboxylic acids is 1. The van der Waals surface area contributed by atoms with E-state index in [1.54, 1.807) is 6.92 Å². The molecule has 1 heterocycles. The Kier molecular flexibility index (Phi) is 3.19. The van der Waals surface area contributed by atoms with Crippen LogP contribution >= 0.6 is 0 Å². The van der Waals surface area contributed by atoms with E-state index in [4.69, 9.17) is 5.11 Å². The van der Waals surface area contributed by atoms with Crippen LogP contribution < -0.4 is 10.6 Å². The van der Waals surface area contributed by atoms with Crippen molar-refractivity contribution in [2.24, 2.45) is 0 Å². The van der Waals surface area contributed by atoms with E-state index < -0.39 is 11.5 Å². The van der Waals surface area contributed by atoms with E-state index in [0.717, 1.165) is 43.5 Å². The fourth-order valence-corrected chi connectivity index (χ4v) is 2.25. The molecule has 0 aromatic rings. The van der Waals surface area contributed by atoms with Crippen LogP contribution in [0.25, 0.3) is 0 Å². The lowest BCUT2D eigenvalue weighted by Gasteiger charge is -2.41. The van der Waals surface area contributed by atoms with Crippen molar-refractivity contribution in [1.29, 1.82) is 0 Å². The molecule has 5 heteroatoms. The maximum atomic E-state index is 12.0. The number of rotatable bonds is 4. The minimum atomic E-state index is -0.847. The molecule has 0 unspecified atom stereocenters. The first-order valence-electron chi connectivity index (χ1n) is 5.96. The summed E-state index contributed by atoms with van der Waals surface area (Å²) in [5.74, 6) is -0.955. The molecule has 0 aromatic carbocycles. The van der Waals surface area contributed by atoms with Crippen LogP contribution in [0.15, 0.2) is 11.1 Å². The van der Waals surface area contributed by atoms with Crippen molar-refractivity contribution in [3.8, 4) is 0 Å². The molecule has 1 saturated carbocycles. The van der Waals surface area contributed by atoms with Gasteiger partial charge in [0.2, 0.25) is 5.91 Å². The highest BCUT2D eigenvalue weighted by Crippen LogP contribution is 2.35. The molecule has 0 atom stereocenters. The zero-order valence-electron chi connectivity index (χ0n) is 10.0. The van der Waals surface area contributed by atoms with Gasteiger partial charge in [-0.05, 0) is 31.8 Å². The van der Waals surface area contributed by atoms with E-state index in [1.165, 1.54) is 0 Å². The Morgan fingerprint density at radius 3 is 2.41 bits per heavy atom. The van der Waals surface area contributed by atoms with Crippen molar-refractivity contribution in [2.75, 3.05) is 13.1 Å². The van der Waals surface area contributed by atoms with Crippen LogP contribution in [-0.2, 0) is 9.59 Å². The molecule has 2 rings (SSSR count). The molecule has 0 bridgehead atoms. The van der Waals surface area contributed by atoms with Crippen molar-refractivity contribution in [1.82, 2.24) is 10.6 Å². The van der Waals surface area contributed by atoms with Gasteiger partial charge in [-0.25, -0.2) is 0 Å². The van der Waals surface area contributed by atoms with Crippen LogP contribution in [0.2, 0.25) is 0 Å². The summed E-state index contributed by atoms with van der Waals surface area (Å²) in [4.78, 5) is 22.8. The molecule has 1 aliphatic carbocycles. The van der Waals surface area contributed by atoms with Crippen molar-refractivity contribution in [2.45, 2.75) is 38.1 Å². The lowest BCUT2D eigenvalue weighted by atomic mass is 9.74. The van der Waals surface area contributed by atoms with Crippen molar-refractivity contribution in [3.05, 3.63) is 11.1 Å². The van der Waals surface area contributed by atoms with Crippen molar-refractivity contribution in [3.63, 3.8) is 0 Å². The van der Waals surface area contributed by atoms with E-state index in [2.05, 4.69) is 10.6 Å². The molecular formula is C12H18N2O3. The number of carbonyl (C=O) groups is 2. The van der Waals surface area contributed by atoms with E-state index >= 15 is 0 Å². The van der Waals surface area contributed by atoms with Crippen LogP contribution in [-0.4, -0.2) is 35.6 Å². The van der Waals surface area contributed by atoms with E-state index in [0.29, 0.717) is 0 Å². The maximum Gasteiger partial charge on any atom is 0.305 e. The Bertz CT molecular complexity index is 377. The molecule has 3 N–H and O–H groups in total. The summed E-state index contributed by atoms with van der Waals surface area (Å²) in [6.07, 6.45) is 2.56. The standard InChI is InChI=1S/C12H18N2O3/c1-8(9-6-13-7-9)11(17)14-12(3-2-4-12)5-10(15)16/h13H,2-7H2,1H3,(H,14,17)(H,15,16). The molecule has 1 saturated heterocycles. The molecular weight excluding hydrogens is 220 g/mol. The number of aliphatic carboxylic acids is 1. The third-order valence-electron chi connectivity index (χ3n) is 3.73. The molecule has 94 valence electrons. The zero-order chi connectivity index (χ0) is 12.5. The van der Waals surface area contributed by atoms with Crippen LogP contribution in [0.3, 0.4) is 0 Å².